The first kappa shape index (κ1) is 9.34. The number of thiol groups is 1. The maximum atomic E-state index is 4.56. The van der Waals surface area contributed by atoms with Gasteiger partial charge in [-0.3, -0.25) is 0 Å². The van der Waals surface area contributed by atoms with Gasteiger partial charge in [-0.25, -0.2) is 4.98 Å². The highest BCUT2D eigenvalue weighted by molar-refractivity contribution is 7.79. The van der Waals surface area contributed by atoms with Gasteiger partial charge >= 0.3 is 0 Å². The van der Waals surface area contributed by atoms with E-state index >= 15 is 0 Å². The molecule has 0 aliphatic carbocycles. The van der Waals surface area contributed by atoms with Gasteiger partial charge in [0, 0.05) is 23.7 Å². The molecular formula is C9H14N2S2. The van der Waals surface area contributed by atoms with Crippen LogP contribution < -0.4 is 4.90 Å². The summed E-state index contributed by atoms with van der Waals surface area (Å²) < 4.78 is 0. The van der Waals surface area contributed by atoms with Crippen molar-refractivity contribution in [2.24, 2.45) is 0 Å². The molecule has 1 aromatic heterocycles. The smallest absolute Gasteiger partial charge is 0.185 e. The predicted molar refractivity (Wildman–Crippen MR) is 61.0 cm³/mol. The van der Waals surface area contributed by atoms with Crippen LogP contribution >= 0.6 is 24.0 Å². The molecule has 0 amide bonds. The fraction of sp³-hybridized carbons (Fsp3) is 0.667. The Hall–Kier alpha value is -0.220. The lowest BCUT2D eigenvalue weighted by molar-refractivity contribution is 0.949. The topological polar surface area (TPSA) is 16.1 Å². The third kappa shape index (κ3) is 1.83. The average molecular weight is 214 g/mol. The zero-order chi connectivity index (χ0) is 9.26. The minimum atomic E-state index is 0.817. The van der Waals surface area contributed by atoms with Crippen LogP contribution in [0.5, 0.6) is 0 Å². The molecule has 1 aliphatic heterocycles. The lowest BCUT2D eigenvalue weighted by Crippen LogP contribution is -2.17. The molecule has 2 nitrogen and oxygen atoms in total. The van der Waals surface area contributed by atoms with Crippen LogP contribution in [0, 0.1) is 6.92 Å². The van der Waals surface area contributed by atoms with Crippen LogP contribution in [0.1, 0.15) is 23.4 Å². The summed E-state index contributed by atoms with van der Waals surface area (Å²) >= 11 is 6.08. The molecule has 0 saturated carbocycles. The lowest BCUT2D eigenvalue weighted by Gasteiger charge is -2.11. The Labute approximate surface area is 88.4 Å². The van der Waals surface area contributed by atoms with E-state index in [4.69, 9.17) is 0 Å². The maximum Gasteiger partial charge on any atom is 0.185 e. The monoisotopic (exact) mass is 214 g/mol. The van der Waals surface area contributed by atoms with E-state index in [0.717, 1.165) is 11.4 Å². The molecule has 1 aromatic rings. The van der Waals surface area contributed by atoms with E-state index in [2.05, 4.69) is 29.4 Å². The van der Waals surface area contributed by atoms with Crippen molar-refractivity contribution < 1.29 is 0 Å². The van der Waals surface area contributed by atoms with Crippen LogP contribution in [0.3, 0.4) is 0 Å². The third-order valence-corrected chi connectivity index (χ3v) is 4.15. The normalized spacial score (nSPS) is 16.9. The summed E-state index contributed by atoms with van der Waals surface area (Å²) in [5, 5.41) is 1.19. The van der Waals surface area contributed by atoms with Crippen LogP contribution in [-0.2, 0) is 5.75 Å². The Morgan fingerprint density at radius 1 is 1.46 bits per heavy atom. The number of anilines is 1. The molecule has 72 valence electrons. The van der Waals surface area contributed by atoms with Gasteiger partial charge in [-0.1, -0.05) is 0 Å². The minimum Gasteiger partial charge on any atom is -0.348 e. The quantitative estimate of drug-likeness (QED) is 0.761. The van der Waals surface area contributed by atoms with Gasteiger partial charge in [-0.15, -0.1) is 11.3 Å². The molecule has 0 bridgehead atoms. The number of aryl methyl sites for hydroxylation is 1. The van der Waals surface area contributed by atoms with Crippen molar-refractivity contribution in [1.29, 1.82) is 0 Å². The molecule has 1 saturated heterocycles. The summed E-state index contributed by atoms with van der Waals surface area (Å²) in [4.78, 5) is 8.25. The number of hydrogen-bond acceptors (Lipinski definition) is 4. The first-order valence-corrected chi connectivity index (χ1v) is 6.08. The molecule has 1 fully saturated rings. The SMILES string of the molecule is Cc1nc(N2CCCC2)sc1CS. The summed E-state index contributed by atoms with van der Waals surface area (Å²) in [5.74, 6) is 0.817. The molecule has 2 heterocycles. The number of hydrogen-bond donors (Lipinski definition) is 1. The number of aromatic nitrogens is 1. The van der Waals surface area contributed by atoms with Crippen LogP contribution in [0.4, 0.5) is 5.13 Å². The van der Waals surface area contributed by atoms with E-state index in [-0.39, 0.29) is 0 Å². The fourth-order valence-electron chi connectivity index (χ4n) is 1.60. The number of thiazole rings is 1. The van der Waals surface area contributed by atoms with Gasteiger partial charge in [0.15, 0.2) is 5.13 Å². The molecule has 4 heteroatoms. The van der Waals surface area contributed by atoms with E-state index in [1.54, 1.807) is 11.3 Å². The molecule has 0 unspecified atom stereocenters. The standard InChI is InChI=1S/C9H14N2S2/c1-7-8(6-12)13-9(10-7)11-4-2-3-5-11/h12H,2-6H2,1H3. The molecule has 0 N–H and O–H groups in total. The van der Waals surface area contributed by atoms with Gasteiger partial charge in [-0.2, -0.15) is 12.6 Å². The second-order valence-corrected chi connectivity index (χ2v) is 4.74. The van der Waals surface area contributed by atoms with Crippen LogP contribution in [-0.4, -0.2) is 18.1 Å². The zero-order valence-corrected chi connectivity index (χ0v) is 9.50. The highest BCUT2D eigenvalue weighted by Gasteiger charge is 2.16. The Bertz CT molecular complexity index is 290. The van der Waals surface area contributed by atoms with Crippen molar-refractivity contribution in [2.75, 3.05) is 18.0 Å². The van der Waals surface area contributed by atoms with Gasteiger partial charge < -0.3 is 4.90 Å². The van der Waals surface area contributed by atoms with Crippen molar-refractivity contribution in [2.45, 2.75) is 25.5 Å². The van der Waals surface area contributed by atoms with Crippen LogP contribution in [0.2, 0.25) is 0 Å². The largest absolute Gasteiger partial charge is 0.348 e. The summed E-state index contributed by atoms with van der Waals surface area (Å²) in [6, 6.07) is 0. The Kier molecular flexibility index (Phi) is 2.79. The molecule has 1 aliphatic rings. The van der Waals surface area contributed by atoms with E-state index in [1.807, 2.05) is 0 Å². The van der Waals surface area contributed by atoms with Crippen molar-refractivity contribution >= 4 is 29.1 Å². The second kappa shape index (κ2) is 3.88. The second-order valence-electron chi connectivity index (χ2n) is 3.36. The van der Waals surface area contributed by atoms with Gasteiger partial charge in [0.2, 0.25) is 0 Å². The fourth-order valence-corrected chi connectivity index (χ4v) is 3.00. The molecule has 0 spiro atoms. The molecule has 0 atom stereocenters. The van der Waals surface area contributed by atoms with E-state index in [1.165, 1.54) is 35.9 Å². The van der Waals surface area contributed by atoms with Crippen LogP contribution in [0.25, 0.3) is 0 Å². The molecule has 13 heavy (non-hydrogen) atoms. The molecule has 0 aromatic carbocycles. The molecular weight excluding hydrogens is 200 g/mol. The van der Waals surface area contributed by atoms with E-state index < -0.39 is 0 Å². The number of rotatable bonds is 2. The lowest BCUT2D eigenvalue weighted by atomic mass is 10.4. The van der Waals surface area contributed by atoms with E-state index in [9.17, 15) is 0 Å². The molecule has 2 rings (SSSR count). The summed E-state index contributed by atoms with van der Waals surface area (Å²) in [7, 11) is 0. The average Bonchev–Trinajstić information content (AvgIpc) is 2.71. The molecule has 0 radical (unpaired) electrons. The van der Waals surface area contributed by atoms with Crippen molar-refractivity contribution in [3.63, 3.8) is 0 Å². The maximum absolute atomic E-state index is 4.56. The minimum absolute atomic E-state index is 0.817. The summed E-state index contributed by atoms with van der Waals surface area (Å²) in [6.07, 6.45) is 2.63. The highest BCUT2D eigenvalue weighted by Crippen LogP contribution is 2.29. The van der Waals surface area contributed by atoms with Crippen molar-refractivity contribution in [3.05, 3.63) is 10.6 Å². The van der Waals surface area contributed by atoms with Gasteiger partial charge in [0.1, 0.15) is 0 Å². The van der Waals surface area contributed by atoms with Crippen LogP contribution in [0.15, 0.2) is 0 Å². The first-order chi connectivity index (χ1) is 6.31. The Balaban J connectivity index is 2.20. The third-order valence-electron chi connectivity index (χ3n) is 2.40. The van der Waals surface area contributed by atoms with Crippen molar-refractivity contribution in [1.82, 2.24) is 4.98 Å². The first-order valence-electron chi connectivity index (χ1n) is 4.63. The predicted octanol–water partition coefficient (Wildman–Crippen LogP) is 2.48. The Morgan fingerprint density at radius 3 is 2.69 bits per heavy atom. The Morgan fingerprint density at radius 2 is 2.15 bits per heavy atom. The van der Waals surface area contributed by atoms with Crippen molar-refractivity contribution in [3.8, 4) is 0 Å². The number of nitrogens with zero attached hydrogens (tertiary/aromatic N) is 2. The van der Waals surface area contributed by atoms with Gasteiger partial charge in [0.25, 0.3) is 0 Å². The van der Waals surface area contributed by atoms with Gasteiger partial charge in [-0.05, 0) is 19.8 Å². The summed E-state index contributed by atoms with van der Waals surface area (Å²) in [6.45, 7) is 4.43. The highest BCUT2D eigenvalue weighted by atomic mass is 32.1. The van der Waals surface area contributed by atoms with Gasteiger partial charge in [0.05, 0.1) is 5.69 Å². The zero-order valence-electron chi connectivity index (χ0n) is 7.79. The van der Waals surface area contributed by atoms with E-state index in [0.29, 0.717) is 0 Å². The summed E-state index contributed by atoms with van der Waals surface area (Å²) in [5.41, 5.74) is 1.15.